The van der Waals surface area contributed by atoms with Gasteiger partial charge in [-0.1, -0.05) is 44.0 Å². The second kappa shape index (κ2) is 5.82. The van der Waals surface area contributed by atoms with Gasteiger partial charge in [0.1, 0.15) is 0 Å². The highest BCUT2D eigenvalue weighted by atomic mass is 16.5. The van der Waals surface area contributed by atoms with Gasteiger partial charge in [-0.3, -0.25) is 4.79 Å². The Bertz CT molecular complexity index is 505. The smallest absolute Gasteiger partial charge is 0.309 e. The number of aryl methyl sites for hydroxylation is 1. The zero-order valence-electron chi connectivity index (χ0n) is 13.2. The van der Waals surface area contributed by atoms with E-state index in [1.807, 2.05) is 6.92 Å². The molecule has 2 saturated carbocycles. The number of carbonyl (C=O) groups is 1. The van der Waals surface area contributed by atoms with Crippen molar-refractivity contribution in [3.05, 3.63) is 35.4 Å². The molecule has 3 atom stereocenters. The second-order valence-corrected chi connectivity index (χ2v) is 6.70. The van der Waals surface area contributed by atoms with Gasteiger partial charge in [0.15, 0.2) is 0 Å². The lowest BCUT2D eigenvalue weighted by molar-refractivity contribution is -0.146. The van der Waals surface area contributed by atoms with Crippen molar-refractivity contribution in [3.8, 4) is 0 Å². The van der Waals surface area contributed by atoms with Crippen LogP contribution in [0.2, 0.25) is 0 Å². The van der Waals surface area contributed by atoms with Crippen molar-refractivity contribution < 1.29 is 9.53 Å². The summed E-state index contributed by atoms with van der Waals surface area (Å²) in [5.74, 6) is 0.790. The Morgan fingerprint density at radius 2 is 1.95 bits per heavy atom. The number of ether oxygens (including phenoxy) is 1. The number of fused-ring (bicyclic) bond motifs is 1. The maximum atomic E-state index is 12.1. The fourth-order valence-corrected chi connectivity index (χ4v) is 4.48. The third-order valence-electron chi connectivity index (χ3n) is 5.44. The predicted octanol–water partition coefficient (Wildman–Crippen LogP) is 4.16. The molecule has 0 spiro atoms. The molecule has 0 amide bonds. The van der Waals surface area contributed by atoms with E-state index in [1.54, 1.807) is 0 Å². The Labute approximate surface area is 127 Å². The molecule has 2 aliphatic rings. The van der Waals surface area contributed by atoms with Crippen LogP contribution in [0.4, 0.5) is 0 Å². The van der Waals surface area contributed by atoms with Crippen LogP contribution in [0.1, 0.15) is 50.7 Å². The number of benzene rings is 1. The number of carbonyl (C=O) groups excluding carboxylic acids is 1. The number of rotatable bonds is 6. The van der Waals surface area contributed by atoms with Crippen LogP contribution in [-0.2, 0) is 22.4 Å². The Balaban J connectivity index is 1.69. The molecule has 1 aromatic carbocycles. The topological polar surface area (TPSA) is 26.3 Å². The molecule has 0 aliphatic heterocycles. The maximum Gasteiger partial charge on any atom is 0.309 e. The van der Waals surface area contributed by atoms with Gasteiger partial charge in [0, 0.05) is 0 Å². The van der Waals surface area contributed by atoms with E-state index in [1.165, 1.54) is 36.8 Å². The van der Waals surface area contributed by atoms with Gasteiger partial charge in [-0.15, -0.1) is 0 Å². The van der Waals surface area contributed by atoms with Gasteiger partial charge in [-0.2, -0.15) is 0 Å². The minimum absolute atomic E-state index is 0.0461. The summed E-state index contributed by atoms with van der Waals surface area (Å²) in [5.41, 5.74) is 3.02. The fraction of sp³-hybridized carbons (Fsp3) is 0.632. The average molecular weight is 286 g/mol. The van der Waals surface area contributed by atoms with Crippen LogP contribution in [0.3, 0.4) is 0 Å². The standard InChI is InChI=1S/C19H26O2/c1-3-6-14-8-10-15(11-9-14)13-19-12-5-7-16(19)17(19)18(20)21-4-2/h8-11,16-17H,3-7,12-13H2,1-2H3. The van der Waals surface area contributed by atoms with E-state index in [9.17, 15) is 4.79 Å². The zero-order chi connectivity index (χ0) is 14.9. The molecule has 0 saturated heterocycles. The molecule has 114 valence electrons. The van der Waals surface area contributed by atoms with Crippen LogP contribution in [0.5, 0.6) is 0 Å². The van der Waals surface area contributed by atoms with Crippen molar-refractivity contribution in [3.63, 3.8) is 0 Å². The van der Waals surface area contributed by atoms with Gasteiger partial charge in [-0.25, -0.2) is 0 Å². The molecule has 3 rings (SSSR count). The summed E-state index contributed by atoms with van der Waals surface area (Å²) >= 11 is 0. The first-order valence-corrected chi connectivity index (χ1v) is 8.45. The quantitative estimate of drug-likeness (QED) is 0.734. The normalized spacial score (nSPS) is 30.0. The van der Waals surface area contributed by atoms with Crippen LogP contribution in [0, 0.1) is 17.3 Å². The highest BCUT2D eigenvalue weighted by Crippen LogP contribution is 2.70. The average Bonchev–Trinajstić information content (AvgIpc) is 2.90. The monoisotopic (exact) mass is 286 g/mol. The van der Waals surface area contributed by atoms with E-state index in [2.05, 4.69) is 31.2 Å². The van der Waals surface area contributed by atoms with Crippen molar-refractivity contribution in [1.82, 2.24) is 0 Å². The summed E-state index contributed by atoms with van der Waals surface area (Å²) in [6.45, 7) is 4.61. The molecular weight excluding hydrogens is 260 g/mol. The third-order valence-corrected chi connectivity index (χ3v) is 5.44. The molecule has 2 heteroatoms. The molecule has 2 nitrogen and oxygen atoms in total. The van der Waals surface area contributed by atoms with Crippen molar-refractivity contribution in [2.24, 2.45) is 17.3 Å². The lowest BCUT2D eigenvalue weighted by Gasteiger charge is -2.15. The highest BCUT2D eigenvalue weighted by Gasteiger charge is 2.69. The SMILES string of the molecule is CCCc1ccc(CC23CCCC2C3C(=O)OCC)cc1. The number of hydrogen-bond acceptors (Lipinski definition) is 2. The van der Waals surface area contributed by atoms with Gasteiger partial charge in [0.2, 0.25) is 0 Å². The molecule has 0 N–H and O–H groups in total. The molecule has 2 aliphatic carbocycles. The van der Waals surface area contributed by atoms with Crippen molar-refractivity contribution in [1.29, 1.82) is 0 Å². The molecule has 2 fully saturated rings. The van der Waals surface area contributed by atoms with E-state index in [0.717, 1.165) is 12.8 Å². The summed E-state index contributed by atoms with van der Waals surface area (Å²) in [5, 5.41) is 0. The summed E-state index contributed by atoms with van der Waals surface area (Å²) in [6, 6.07) is 9.02. The first-order valence-electron chi connectivity index (χ1n) is 8.45. The van der Waals surface area contributed by atoms with E-state index < -0.39 is 0 Å². The summed E-state index contributed by atoms with van der Waals surface area (Å²) in [4.78, 5) is 12.1. The largest absolute Gasteiger partial charge is 0.466 e. The van der Waals surface area contributed by atoms with Gasteiger partial charge in [-0.05, 0) is 55.1 Å². The summed E-state index contributed by atoms with van der Waals surface area (Å²) in [6.07, 6.45) is 7.06. The lowest BCUT2D eigenvalue weighted by Crippen LogP contribution is -2.16. The van der Waals surface area contributed by atoms with Crippen molar-refractivity contribution in [2.75, 3.05) is 6.61 Å². The van der Waals surface area contributed by atoms with Gasteiger partial charge in [0.25, 0.3) is 0 Å². The summed E-state index contributed by atoms with van der Waals surface area (Å²) in [7, 11) is 0. The Kier molecular flexibility index (Phi) is 4.05. The Morgan fingerprint density at radius 3 is 2.62 bits per heavy atom. The lowest BCUT2D eigenvalue weighted by atomic mass is 9.90. The molecule has 1 aromatic rings. The molecule has 21 heavy (non-hydrogen) atoms. The molecular formula is C19H26O2. The van der Waals surface area contributed by atoms with Gasteiger partial charge >= 0.3 is 5.97 Å². The highest BCUT2D eigenvalue weighted by molar-refractivity contribution is 5.78. The van der Waals surface area contributed by atoms with Crippen LogP contribution >= 0.6 is 0 Å². The van der Waals surface area contributed by atoms with Crippen molar-refractivity contribution in [2.45, 2.75) is 52.4 Å². The first-order chi connectivity index (χ1) is 10.2. The van der Waals surface area contributed by atoms with E-state index in [-0.39, 0.29) is 17.3 Å². The van der Waals surface area contributed by atoms with E-state index >= 15 is 0 Å². The van der Waals surface area contributed by atoms with Crippen molar-refractivity contribution >= 4 is 5.97 Å². The minimum Gasteiger partial charge on any atom is -0.466 e. The number of hydrogen-bond donors (Lipinski definition) is 0. The van der Waals surface area contributed by atoms with Gasteiger partial charge < -0.3 is 4.74 Å². The molecule has 0 aromatic heterocycles. The number of esters is 1. The van der Waals surface area contributed by atoms with Gasteiger partial charge in [0.05, 0.1) is 12.5 Å². The minimum atomic E-state index is 0.0461. The maximum absolute atomic E-state index is 12.1. The summed E-state index contributed by atoms with van der Waals surface area (Å²) < 4.78 is 5.28. The van der Waals surface area contributed by atoms with E-state index in [0.29, 0.717) is 12.5 Å². The van der Waals surface area contributed by atoms with Crippen LogP contribution in [-0.4, -0.2) is 12.6 Å². The molecule has 0 bridgehead atoms. The first kappa shape index (κ1) is 14.6. The van der Waals surface area contributed by atoms with Crippen LogP contribution in [0.25, 0.3) is 0 Å². The second-order valence-electron chi connectivity index (χ2n) is 6.70. The van der Waals surface area contributed by atoms with Crippen LogP contribution in [0.15, 0.2) is 24.3 Å². The Morgan fingerprint density at radius 1 is 1.24 bits per heavy atom. The Hall–Kier alpha value is -1.31. The fourth-order valence-electron chi connectivity index (χ4n) is 4.48. The molecule has 3 unspecified atom stereocenters. The molecule has 0 radical (unpaired) electrons. The zero-order valence-corrected chi connectivity index (χ0v) is 13.2. The predicted molar refractivity (Wildman–Crippen MR) is 84.0 cm³/mol. The molecule has 0 heterocycles. The van der Waals surface area contributed by atoms with Crippen LogP contribution < -0.4 is 0 Å². The third kappa shape index (κ3) is 2.61. The van der Waals surface area contributed by atoms with E-state index in [4.69, 9.17) is 4.74 Å².